The van der Waals surface area contributed by atoms with Gasteiger partial charge in [-0.2, -0.15) is 0 Å². The quantitative estimate of drug-likeness (QED) is 0.0378. The van der Waals surface area contributed by atoms with Gasteiger partial charge < -0.3 is 0 Å². The van der Waals surface area contributed by atoms with E-state index in [0.29, 0.717) is 0 Å². The fraction of sp³-hybridized carbons (Fsp3) is 0.615. The molecule has 0 aliphatic carbocycles. The summed E-state index contributed by atoms with van der Waals surface area (Å²) in [7, 11) is 0. The molecule has 0 spiro atoms. The van der Waals surface area contributed by atoms with E-state index >= 15 is 0 Å². The second kappa shape index (κ2) is 27.4. The summed E-state index contributed by atoms with van der Waals surface area (Å²) in [5.41, 5.74) is 6.43. The van der Waals surface area contributed by atoms with Crippen molar-refractivity contribution in [1.82, 2.24) is 0 Å². The van der Waals surface area contributed by atoms with Crippen molar-refractivity contribution in [3.05, 3.63) is 69.4 Å². The van der Waals surface area contributed by atoms with Crippen LogP contribution in [0, 0.1) is 0 Å². The average Bonchev–Trinajstić information content (AvgIpc) is 4.08. The minimum Gasteiger partial charge on any atom is -0.143 e. The van der Waals surface area contributed by atoms with Gasteiger partial charge in [0, 0.05) is 39.0 Å². The first kappa shape index (κ1) is 46.6. The molecule has 0 aliphatic heterocycles. The molecule has 0 bridgehead atoms. The molecule has 0 atom stereocenters. The fourth-order valence-corrected chi connectivity index (χ4v) is 14.2. The van der Waals surface area contributed by atoms with Gasteiger partial charge in [-0.15, -0.1) is 56.7 Å². The molecule has 57 heavy (non-hydrogen) atoms. The molecule has 0 saturated carbocycles. The van der Waals surface area contributed by atoms with E-state index in [0.717, 1.165) is 0 Å². The van der Waals surface area contributed by atoms with Crippen molar-refractivity contribution < 1.29 is 0 Å². The topological polar surface area (TPSA) is 0 Å². The zero-order valence-corrected chi connectivity index (χ0v) is 40.5. The Morgan fingerprint density at radius 1 is 0.316 bits per heavy atom. The predicted molar refractivity (Wildman–Crippen MR) is 266 cm³/mol. The normalized spacial score (nSPS) is 11.7. The zero-order valence-electron chi connectivity index (χ0n) is 36.5. The van der Waals surface area contributed by atoms with E-state index in [1.807, 2.05) is 22.7 Å². The van der Waals surface area contributed by atoms with Gasteiger partial charge in [0.2, 0.25) is 0 Å². The molecule has 0 saturated heterocycles. The number of thiophene rings is 5. The highest BCUT2D eigenvalue weighted by Crippen LogP contribution is 2.50. The number of hydrogen-bond donors (Lipinski definition) is 0. The number of rotatable bonds is 32. The molecule has 0 aromatic carbocycles. The Morgan fingerprint density at radius 3 is 1.16 bits per heavy atom. The molecular formula is C52H76S5. The first-order valence-electron chi connectivity index (χ1n) is 23.7. The van der Waals surface area contributed by atoms with Gasteiger partial charge in [0.1, 0.15) is 0 Å². The van der Waals surface area contributed by atoms with Crippen LogP contribution in [-0.2, 0) is 25.7 Å². The standard InChI is InChI=1S/C52H76S5/c1-5-9-13-17-21-25-30-41-35-37-54-51(41)52-44(33-28-24-20-16-12-8-4)40-48(57-52)50-43(32-27-23-19-15-11-7-3)39-47(56-50)49-42(31-26-22-18-14-10-6-2)38-46(55-49)45-34-29-36-53-45/h29,34-40H,5-28,30-33H2,1-4H3. The fourth-order valence-electron chi connectivity index (χ4n) is 8.33. The summed E-state index contributed by atoms with van der Waals surface area (Å²) in [5, 5.41) is 4.63. The SMILES string of the molecule is CCCCCCCCc1cc(-c2cccs2)sc1-c1cc(CCCCCCCC)c(-c2cc(CCCCCCCC)c(-c3sccc3CCCCCCCC)s2)s1. The minimum atomic E-state index is 1.20. The smallest absolute Gasteiger partial charge is 0.0484 e. The van der Waals surface area contributed by atoms with E-state index < -0.39 is 0 Å². The molecule has 0 radical (unpaired) electrons. The van der Waals surface area contributed by atoms with E-state index in [-0.39, 0.29) is 0 Å². The highest BCUT2D eigenvalue weighted by molar-refractivity contribution is 7.29. The highest BCUT2D eigenvalue weighted by Gasteiger charge is 2.22. The van der Waals surface area contributed by atoms with Crippen LogP contribution in [-0.4, -0.2) is 0 Å². The molecular weight excluding hydrogens is 785 g/mol. The molecule has 5 heteroatoms. The van der Waals surface area contributed by atoms with Crippen molar-refractivity contribution in [2.75, 3.05) is 0 Å². The van der Waals surface area contributed by atoms with Gasteiger partial charge in [-0.3, -0.25) is 0 Å². The second-order valence-corrected chi connectivity index (χ2v) is 21.7. The summed E-state index contributed by atoms with van der Waals surface area (Å²) >= 11 is 10.2. The van der Waals surface area contributed by atoms with Crippen LogP contribution in [0.2, 0.25) is 0 Å². The highest BCUT2D eigenvalue weighted by atomic mass is 32.1. The Morgan fingerprint density at radius 2 is 0.702 bits per heavy atom. The average molecular weight is 862 g/mol. The van der Waals surface area contributed by atoms with E-state index in [9.17, 15) is 0 Å². The summed E-state index contributed by atoms with van der Waals surface area (Å²) in [6.07, 6.45) is 37.4. The van der Waals surface area contributed by atoms with Crippen molar-refractivity contribution in [3.8, 4) is 39.0 Å². The zero-order chi connectivity index (χ0) is 39.9. The first-order chi connectivity index (χ1) is 28.2. The van der Waals surface area contributed by atoms with Crippen molar-refractivity contribution in [2.24, 2.45) is 0 Å². The van der Waals surface area contributed by atoms with E-state index in [1.54, 1.807) is 41.8 Å². The maximum absolute atomic E-state index is 2.67. The van der Waals surface area contributed by atoms with Crippen molar-refractivity contribution in [3.63, 3.8) is 0 Å². The molecule has 5 rings (SSSR count). The third-order valence-electron chi connectivity index (χ3n) is 11.8. The van der Waals surface area contributed by atoms with Gasteiger partial charge in [0.25, 0.3) is 0 Å². The molecule has 5 aromatic heterocycles. The lowest BCUT2D eigenvalue weighted by molar-refractivity contribution is 0.607. The molecule has 0 aliphatic rings. The summed E-state index contributed by atoms with van der Waals surface area (Å²) < 4.78 is 0. The minimum absolute atomic E-state index is 1.20. The maximum atomic E-state index is 2.67. The van der Waals surface area contributed by atoms with Gasteiger partial charge >= 0.3 is 0 Å². The molecule has 0 amide bonds. The Bertz CT molecular complexity index is 1760. The lowest BCUT2D eigenvalue weighted by Crippen LogP contribution is -1.89. The lowest BCUT2D eigenvalue weighted by atomic mass is 10.0. The van der Waals surface area contributed by atoms with E-state index in [1.165, 1.54) is 199 Å². The second-order valence-electron chi connectivity index (χ2n) is 16.7. The Labute approximate surface area is 370 Å². The van der Waals surface area contributed by atoms with Crippen LogP contribution < -0.4 is 0 Å². The molecule has 5 aromatic rings. The third kappa shape index (κ3) is 15.2. The van der Waals surface area contributed by atoms with Crippen LogP contribution in [0.5, 0.6) is 0 Å². The Hall–Kier alpha value is -1.50. The Balaban J connectivity index is 1.47. The molecule has 0 fully saturated rings. The van der Waals surface area contributed by atoms with E-state index in [4.69, 9.17) is 0 Å². The van der Waals surface area contributed by atoms with Crippen LogP contribution in [0.3, 0.4) is 0 Å². The molecule has 0 nitrogen and oxygen atoms in total. The van der Waals surface area contributed by atoms with Gasteiger partial charge in [-0.1, -0.05) is 162 Å². The number of unbranched alkanes of at least 4 members (excludes halogenated alkanes) is 20. The van der Waals surface area contributed by atoms with Crippen LogP contribution in [0.1, 0.15) is 204 Å². The summed E-state index contributed by atoms with van der Waals surface area (Å²) in [6, 6.07) is 14.9. The maximum Gasteiger partial charge on any atom is 0.0484 e. The lowest BCUT2D eigenvalue weighted by Gasteiger charge is -2.06. The van der Waals surface area contributed by atoms with Gasteiger partial charge in [0.05, 0.1) is 0 Å². The summed E-state index contributed by atoms with van der Waals surface area (Å²) in [6.45, 7) is 9.31. The van der Waals surface area contributed by atoms with Crippen molar-refractivity contribution in [2.45, 2.75) is 207 Å². The number of aryl methyl sites for hydroxylation is 4. The van der Waals surface area contributed by atoms with Gasteiger partial charge in [-0.05, 0) is 115 Å². The summed E-state index contributed by atoms with van der Waals surface area (Å²) in [5.74, 6) is 0. The van der Waals surface area contributed by atoms with Crippen LogP contribution >= 0.6 is 56.7 Å². The summed E-state index contributed by atoms with van der Waals surface area (Å²) in [4.78, 5) is 12.2. The molecule has 0 unspecified atom stereocenters. The molecule has 314 valence electrons. The number of hydrogen-bond acceptors (Lipinski definition) is 5. The van der Waals surface area contributed by atoms with Crippen LogP contribution in [0.4, 0.5) is 0 Å². The monoisotopic (exact) mass is 860 g/mol. The van der Waals surface area contributed by atoms with Crippen molar-refractivity contribution >= 4 is 56.7 Å². The molecule has 5 heterocycles. The van der Waals surface area contributed by atoms with Gasteiger partial charge in [0.15, 0.2) is 0 Å². The largest absolute Gasteiger partial charge is 0.143 e. The predicted octanol–water partition coefficient (Wildman–Crippen LogP) is 20.3. The van der Waals surface area contributed by atoms with Crippen LogP contribution in [0.25, 0.3) is 39.0 Å². The van der Waals surface area contributed by atoms with Crippen molar-refractivity contribution in [1.29, 1.82) is 0 Å². The Kier molecular flexibility index (Phi) is 22.4. The first-order valence-corrected chi connectivity index (χ1v) is 27.9. The third-order valence-corrected chi connectivity index (χ3v) is 17.9. The molecule has 0 N–H and O–H groups in total. The van der Waals surface area contributed by atoms with Gasteiger partial charge in [-0.25, -0.2) is 0 Å². The van der Waals surface area contributed by atoms with E-state index in [2.05, 4.69) is 109 Å². The van der Waals surface area contributed by atoms with Crippen LogP contribution in [0.15, 0.2) is 47.2 Å².